The molecule has 0 aromatic carbocycles. The zero-order chi connectivity index (χ0) is 11.3. The normalized spacial score (nSPS) is 11.3. The van der Waals surface area contributed by atoms with Gasteiger partial charge in [0.05, 0.1) is 6.20 Å². The maximum absolute atomic E-state index is 4.41. The smallest absolute Gasteiger partial charge is 0.0537 e. The van der Waals surface area contributed by atoms with Gasteiger partial charge in [-0.15, -0.1) is 0 Å². The number of hydrogen-bond donors (Lipinski definition) is 1. The van der Waals surface area contributed by atoms with Crippen molar-refractivity contribution < 1.29 is 0 Å². The molecule has 0 bridgehead atoms. The van der Waals surface area contributed by atoms with Crippen LogP contribution in [0.1, 0.15) is 51.3 Å². The second-order valence-corrected chi connectivity index (χ2v) is 4.20. The number of nitrogens with zero attached hydrogens (tertiary/aromatic N) is 2. The van der Waals surface area contributed by atoms with E-state index in [2.05, 4.69) is 42.8 Å². The summed E-state index contributed by atoms with van der Waals surface area (Å²) in [6.45, 7) is 11.8. The fraction of sp³-hybridized carbons (Fsp3) is 0.750. The van der Waals surface area contributed by atoms with Gasteiger partial charge in [-0.05, 0) is 25.8 Å². The Labute approximate surface area is 92.9 Å². The molecular formula is C12H23N3. The summed E-state index contributed by atoms with van der Waals surface area (Å²) in [5.41, 5.74) is 2.72. The van der Waals surface area contributed by atoms with Crippen LogP contribution in [0, 0.1) is 0 Å². The van der Waals surface area contributed by atoms with E-state index >= 15 is 0 Å². The first-order valence-corrected chi connectivity index (χ1v) is 5.95. The highest BCUT2D eigenvalue weighted by molar-refractivity contribution is 5.20. The van der Waals surface area contributed by atoms with E-state index in [1.54, 1.807) is 0 Å². The average molecular weight is 209 g/mol. The maximum Gasteiger partial charge on any atom is 0.0537 e. The Bertz CT molecular complexity index is 289. The van der Waals surface area contributed by atoms with Crippen molar-refractivity contribution >= 4 is 0 Å². The van der Waals surface area contributed by atoms with Gasteiger partial charge in [-0.25, -0.2) is 0 Å². The Hall–Kier alpha value is -0.830. The van der Waals surface area contributed by atoms with Crippen LogP contribution in [0.4, 0.5) is 0 Å². The Kier molecular flexibility index (Phi) is 4.82. The fourth-order valence-electron chi connectivity index (χ4n) is 1.89. The van der Waals surface area contributed by atoms with Gasteiger partial charge in [0, 0.05) is 24.3 Å². The fourth-order valence-corrected chi connectivity index (χ4v) is 1.89. The van der Waals surface area contributed by atoms with Gasteiger partial charge in [0.15, 0.2) is 0 Å². The molecule has 1 aromatic rings. The monoisotopic (exact) mass is 209 g/mol. The third kappa shape index (κ3) is 3.06. The summed E-state index contributed by atoms with van der Waals surface area (Å²) < 4.78 is 2.10. The summed E-state index contributed by atoms with van der Waals surface area (Å²) in [5, 5.41) is 7.84. The molecule has 0 atom stereocenters. The molecule has 1 rings (SSSR count). The highest BCUT2D eigenvalue weighted by atomic mass is 15.3. The van der Waals surface area contributed by atoms with Gasteiger partial charge in [-0.1, -0.05) is 20.8 Å². The Morgan fingerprint density at radius 2 is 2.13 bits per heavy atom. The van der Waals surface area contributed by atoms with E-state index in [0.717, 1.165) is 19.6 Å². The van der Waals surface area contributed by atoms with Crippen molar-refractivity contribution in [2.75, 3.05) is 6.54 Å². The predicted octanol–water partition coefficient (Wildman–Crippen LogP) is 2.53. The summed E-state index contributed by atoms with van der Waals surface area (Å²) in [7, 11) is 0. The molecule has 0 aliphatic heterocycles. The number of aromatic nitrogens is 2. The standard InChI is InChI=1S/C12H23N3/c1-5-7-13-8-11-9-14-15(6-2)12(11)10(3)4/h9-10,13H,5-8H2,1-4H3. The number of rotatable bonds is 6. The summed E-state index contributed by atoms with van der Waals surface area (Å²) in [6, 6.07) is 0. The Morgan fingerprint density at radius 3 is 2.67 bits per heavy atom. The van der Waals surface area contributed by atoms with E-state index in [9.17, 15) is 0 Å². The molecule has 0 spiro atoms. The third-order valence-corrected chi connectivity index (χ3v) is 2.55. The van der Waals surface area contributed by atoms with E-state index in [4.69, 9.17) is 0 Å². The van der Waals surface area contributed by atoms with Crippen LogP contribution < -0.4 is 5.32 Å². The minimum Gasteiger partial charge on any atom is -0.313 e. The molecule has 3 heteroatoms. The van der Waals surface area contributed by atoms with E-state index in [1.165, 1.54) is 17.7 Å². The van der Waals surface area contributed by atoms with Crippen molar-refractivity contribution in [3.8, 4) is 0 Å². The van der Waals surface area contributed by atoms with E-state index in [-0.39, 0.29) is 0 Å². The van der Waals surface area contributed by atoms with Crippen LogP contribution in [0.15, 0.2) is 6.20 Å². The molecule has 0 saturated carbocycles. The lowest BCUT2D eigenvalue weighted by molar-refractivity contribution is 0.589. The first-order valence-electron chi connectivity index (χ1n) is 5.95. The average Bonchev–Trinajstić information content (AvgIpc) is 2.61. The molecule has 15 heavy (non-hydrogen) atoms. The molecule has 3 nitrogen and oxygen atoms in total. The SMILES string of the molecule is CCCNCc1cnn(CC)c1C(C)C. The lowest BCUT2D eigenvalue weighted by Gasteiger charge is -2.11. The van der Waals surface area contributed by atoms with Gasteiger partial charge in [-0.2, -0.15) is 5.10 Å². The lowest BCUT2D eigenvalue weighted by Crippen LogP contribution is -2.15. The van der Waals surface area contributed by atoms with E-state index in [0.29, 0.717) is 5.92 Å². The van der Waals surface area contributed by atoms with Crippen molar-refractivity contribution in [3.63, 3.8) is 0 Å². The molecule has 0 fully saturated rings. The molecule has 1 N–H and O–H groups in total. The van der Waals surface area contributed by atoms with Crippen molar-refractivity contribution in [3.05, 3.63) is 17.5 Å². The minimum atomic E-state index is 0.547. The summed E-state index contributed by atoms with van der Waals surface area (Å²) in [6.07, 6.45) is 3.18. The Morgan fingerprint density at radius 1 is 1.40 bits per heavy atom. The highest BCUT2D eigenvalue weighted by Gasteiger charge is 2.12. The third-order valence-electron chi connectivity index (χ3n) is 2.55. The molecule has 0 amide bonds. The minimum absolute atomic E-state index is 0.547. The van der Waals surface area contributed by atoms with Crippen LogP contribution in [0.5, 0.6) is 0 Å². The second-order valence-electron chi connectivity index (χ2n) is 4.20. The summed E-state index contributed by atoms with van der Waals surface area (Å²) >= 11 is 0. The topological polar surface area (TPSA) is 29.9 Å². The zero-order valence-electron chi connectivity index (χ0n) is 10.4. The van der Waals surface area contributed by atoms with Crippen LogP contribution in [0.2, 0.25) is 0 Å². The van der Waals surface area contributed by atoms with Crippen molar-refractivity contribution in [1.29, 1.82) is 0 Å². The molecule has 1 aromatic heterocycles. The van der Waals surface area contributed by atoms with E-state index < -0.39 is 0 Å². The van der Waals surface area contributed by atoms with Crippen molar-refractivity contribution in [2.24, 2.45) is 0 Å². The van der Waals surface area contributed by atoms with Gasteiger partial charge >= 0.3 is 0 Å². The summed E-state index contributed by atoms with van der Waals surface area (Å²) in [4.78, 5) is 0. The molecule has 1 heterocycles. The molecule has 0 saturated heterocycles. The lowest BCUT2D eigenvalue weighted by atomic mass is 10.1. The number of nitrogens with one attached hydrogen (secondary N) is 1. The Balaban J connectivity index is 2.73. The van der Waals surface area contributed by atoms with Gasteiger partial charge in [0.1, 0.15) is 0 Å². The van der Waals surface area contributed by atoms with Crippen LogP contribution in [0.25, 0.3) is 0 Å². The van der Waals surface area contributed by atoms with Crippen LogP contribution in [0.3, 0.4) is 0 Å². The van der Waals surface area contributed by atoms with Gasteiger partial charge in [-0.3, -0.25) is 4.68 Å². The van der Waals surface area contributed by atoms with E-state index in [1.807, 2.05) is 6.20 Å². The number of hydrogen-bond acceptors (Lipinski definition) is 2. The van der Waals surface area contributed by atoms with Crippen molar-refractivity contribution in [2.45, 2.75) is 53.1 Å². The van der Waals surface area contributed by atoms with Crippen molar-refractivity contribution in [1.82, 2.24) is 15.1 Å². The second kappa shape index (κ2) is 5.91. The maximum atomic E-state index is 4.41. The van der Waals surface area contributed by atoms with Crippen LogP contribution in [-0.4, -0.2) is 16.3 Å². The highest BCUT2D eigenvalue weighted by Crippen LogP contribution is 2.19. The van der Waals surface area contributed by atoms with Gasteiger partial charge in [0.2, 0.25) is 0 Å². The van der Waals surface area contributed by atoms with Gasteiger partial charge < -0.3 is 5.32 Å². The first kappa shape index (κ1) is 12.2. The molecule has 0 unspecified atom stereocenters. The van der Waals surface area contributed by atoms with Crippen LogP contribution >= 0.6 is 0 Å². The molecular weight excluding hydrogens is 186 g/mol. The molecule has 86 valence electrons. The predicted molar refractivity (Wildman–Crippen MR) is 64.0 cm³/mol. The first-order chi connectivity index (χ1) is 7.20. The molecule has 0 radical (unpaired) electrons. The van der Waals surface area contributed by atoms with Crippen LogP contribution in [-0.2, 0) is 13.1 Å². The number of aryl methyl sites for hydroxylation is 1. The summed E-state index contributed by atoms with van der Waals surface area (Å²) in [5.74, 6) is 0.547. The quantitative estimate of drug-likeness (QED) is 0.730. The zero-order valence-corrected chi connectivity index (χ0v) is 10.4. The molecule has 0 aliphatic carbocycles. The molecule has 0 aliphatic rings. The largest absolute Gasteiger partial charge is 0.313 e. The van der Waals surface area contributed by atoms with Gasteiger partial charge in [0.25, 0.3) is 0 Å².